The molecule has 0 atom stereocenters. The van der Waals surface area contributed by atoms with Gasteiger partial charge in [0, 0.05) is 29.6 Å². The van der Waals surface area contributed by atoms with Crippen molar-refractivity contribution in [1.82, 2.24) is 4.90 Å². The normalized spacial score (nSPS) is 13.5. The van der Waals surface area contributed by atoms with E-state index < -0.39 is 17.9 Å². The highest BCUT2D eigenvalue weighted by molar-refractivity contribution is 5.98. The number of carbonyl (C=O) groups is 2. The SMILES string of the molecule is COC(=O)C1=CN(Cc2ccccc2OC)C=C(C(=O)OC)C1c1ccc(OC)cc1OC. The zero-order valence-electron chi connectivity index (χ0n) is 19.3. The lowest BCUT2D eigenvalue weighted by Crippen LogP contribution is -2.29. The molecule has 0 saturated heterocycles. The zero-order valence-corrected chi connectivity index (χ0v) is 19.3. The van der Waals surface area contributed by atoms with E-state index in [1.165, 1.54) is 21.3 Å². The van der Waals surface area contributed by atoms with E-state index in [4.69, 9.17) is 23.7 Å². The third kappa shape index (κ3) is 4.95. The Balaban J connectivity index is 2.15. The molecule has 0 spiro atoms. The Hall–Kier alpha value is -3.94. The van der Waals surface area contributed by atoms with Crippen molar-refractivity contribution in [2.75, 3.05) is 35.5 Å². The van der Waals surface area contributed by atoms with Gasteiger partial charge in [0.25, 0.3) is 0 Å². The van der Waals surface area contributed by atoms with Crippen LogP contribution >= 0.6 is 0 Å². The van der Waals surface area contributed by atoms with Crippen molar-refractivity contribution < 1.29 is 33.3 Å². The minimum Gasteiger partial charge on any atom is -0.497 e. The van der Waals surface area contributed by atoms with Crippen LogP contribution in [-0.2, 0) is 25.6 Å². The van der Waals surface area contributed by atoms with Crippen LogP contribution in [0.2, 0.25) is 0 Å². The number of benzene rings is 2. The fourth-order valence-electron chi connectivity index (χ4n) is 3.80. The first-order chi connectivity index (χ1) is 16.0. The summed E-state index contributed by atoms with van der Waals surface area (Å²) in [5, 5.41) is 0. The first-order valence-corrected chi connectivity index (χ1v) is 10.2. The molecule has 2 aromatic carbocycles. The van der Waals surface area contributed by atoms with Crippen molar-refractivity contribution in [1.29, 1.82) is 0 Å². The molecule has 0 bridgehead atoms. The van der Waals surface area contributed by atoms with Gasteiger partial charge in [-0.2, -0.15) is 0 Å². The molecule has 0 fully saturated rings. The van der Waals surface area contributed by atoms with Crippen LogP contribution in [0.3, 0.4) is 0 Å². The van der Waals surface area contributed by atoms with Gasteiger partial charge >= 0.3 is 11.9 Å². The maximum Gasteiger partial charge on any atom is 0.336 e. The minimum atomic E-state index is -0.764. The molecule has 1 aliphatic heterocycles. The Morgan fingerprint density at radius 3 is 1.94 bits per heavy atom. The molecule has 174 valence electrons. The third-order valence-corrected chi connectivity index (χ3v) is 5.37. The minimum absolute atomic E-state index is 0.263. The van der Waals surface area contributed by atoms with Gasteiger partial charge in [0.15, 0.2) is 0 Å². The summed E-state index contributed by atoms with van der Waals surface area (Å²) < 4.78 is 26.4. The van der Waals surface area contributed by atoms with Crippen molar-refractivity contribution in [3.05, 3.63) is 77.1 Å². The molecular weight excluding hydrogens is 426 g/mol. The van der Waals surface area contributed by atoms with E-state index in [9.17, 15) is 9.59 Å². The third-order valence-electron chi connectivity index (χ3n) is 5.37. The topological polar surface area (TPSA) is 83.5 Å². The van der Waals surface area contributed by atoms with Crippen molar-refractivity contribution in [3.8, 4) is 17.2 Å². The van der Waals surface area contributed by atoms with Crippen LogP contribution in [0, 0.1) is 0 Å². The van der Waals surface area contributed by atoms with Crippen molar-refractivity contribution in [2.45, 2.75) is 12.5 Å². The molecule has 8 nitrogen and oxygen atoms in total. The Labute approximate surface area is 192 Å². The van der Waals surface area contributed by atoms with Gasteiger partial charge in [-0.1, -0.05) is 24.3 Å². The molecule has 0 aromatic heterocycles. The number of para-hydroxylation sites is 1. The molecule has 33 heavy (non-hydrogen) atoms. The van der Waals surface area contributed by atoms with E-state index in [-0.39, 0.29) is 11.1 Å². The number of esters is 2. The smallest absolute Gasteiger partial charge is 0.336 e. The van der Waals surface area contributed by atoms with Crippen LogP contribution in [0.4, 0.5) is 0 Å². The van der Waals surface area contributed by atoms with Gasteiger partial charge in [-0.15, -0.1) is 0 Å². The number of hydrogen-bond donors (Lipinski definition) is 0. The Morgan fingerprint density at radius 1 is 0.788 bits per heavy atom. The quantitative estimate of drug-likeness (QED) is 0.563. The van der Waals surface area contributed by atoms with Gasteiger partial charge in [-0.25, -0.2) is 9.59 Å². The van der Waals surface area contributed by atoms with Crippen molar-refractivity contribution >= 4 is 11.9 Å². The summed E-state index contributed by atoms with van der Waals surface area (Å²) in [7, 11) is 7.24. The van der Waals surface area contributed by atoms with Crippen LogP contribution in [-0.4, -0.2) is 52.4 Å². The molecule has 2 aromatic rings. The average molecular weight is 453 g/mol. The van der Waals surface area contributed by atoms with Crippen LogP contribution in [0.15, 0.2) is 66.0 Å². The molecule has 8 heteroatoms. The van der Waals surface area contributed by atoms with Crippen LogP contribution in [0.1, 0.15) is 17.0 Å². The summed E-state index contributed by atoms with van der Waals surface area (Å²) in [4.78, 5) is 27.5. The second-order valence-electron chi connectivity index (χ2n) is 7.18. The molecule has 1 aliphatic rings. The lowest BCUT2D eigenvalue weighted by Gasteiger charge is -2.31. The first kappa shape index (κ1) is 23.7. The number of carbonyl (C=O) groups excluding carboxylic acids is 2. The molecule has 0 aliphatic carbocycles. The van der Waals surface area contributed by atoms with Gasteiger partial charge in [0.1, 0.15) is 17.2 Å². The highest BCUT2D eigenvalue weighted by Gasteiger charge is 2.37. The van der Waals surface area contributed by atoms with Crippen LogP contribution < -0.4 is 14.2 Å². The second-order valence-corrected chi connectivity index (χ2v) is 7.18. The number of hydrogen-bond acceptors (Lipinski definition) is 8. The van der Waals surface area contributed by atoms with E-state index in [2.05, 4.69) is 0 Å². The first-order valence-electron chi connectivity index (χ1n) is 10.2. The summed E-state index contributed by atoms with van der Waals surface area (Å²) in [5.41, 5.74) is 2.00. The molecule has 0 radical (unpaired) electrons. The van der Waals surface area contributed by atoms with E-state index in [0.29, 0.717) is 29.4 Å². The number of nitrogens with zero attached hydrogens (tertiary/aromatic N) is 1. The standard InChI is InChI=1S/C25H27NO7/c1-29-17-10-11-18(22(12-17)31-3)23-19(24(27)32-4)14-26(15-20(23)25(28)33-5)13-16-8-6-7-9-21(16)30-2/h6-12,14-15,23H,13H2,1-5H3. The Morgan fingerprint density at radius 2 is 1.39 bits per heavy atom. The van der Waals surface area contributed by atoms with Crippen LogP contribution in [0.25, 0.3) is 0 Å². The summed E-state index contributed by atoms with van der Waals surface area (Å²) in [5.74, 6) is -0.175. The van der Waals surface area contributed by atoms with E-state index in [0.717, 1.165) is 5.56 Å². The molecule has 0 unspecified atom stereocenters. The summed E-state index contributed by atoms with van der Waals surface area (Å²) in [6, 6.07) is 12.7. The summed E-state index contributed by atoms with van der Waals surface area (Å²) in [6.45, 7) is 0.359. The predicted octanol–water partition coefficient (Wildman–Crippen LogP) is 3.43. The van der Waals surface area contributed by atoms with E-state index in [1.54, 1.807) is 49.7 Å². The molecule has 0 amide bonds. The van der Waals surface area contributed by atoms with Gasteiger partial charge in [-0.05, 0) is 12.1 Å². The van der Waals surface area contributed by atoms with Crippen molar-refractivity contribution in [2.24, 2.45) is 0 Å². The lowest BCUT2D eigenvalue weighted by atomic mass is 9.82. The molecule has 1 heterocycles. The number of ether oxygens (including phenoxy) is 5. The maximum absolute atomic E-state index is 12.9. The monoisotopic (exact) mass is 453 g/mol. The van der Waals surface area contributed by atoms with E-state index >= 15 is 0 Å². The lowest BCUT2D eigenvalue weighted by molar-refractivity contribution is -0.137. The molecule has 0 N–H and O–H groups in total. The van der Waals surface area contributed by atoms with Gasteiger partial charge in [-0.3, -0.25) is 0 Å². The Kier molecular flexibility index (Phi) is 7.61. The average Bonchev–Trinajstić information content (AvgIpc) is 2.87. The maximum atomic E-state index is 12.9. The number of methoxy groups -OCH3 is 5. The highest BCUT2D eigenvalue weighted by Crippen LogP contribution is 2.42. The highest BCUT2D eigenvalue weighted by atomic mass is 16.5. The van der Waals surface area contributed by atoms with Gasteiger partial charge < -0.3 is 28.6 Å². The summed E-state index contributed by atoms with van der Waals surface area (Å²) in [6.07, 6.45) is 3.33. The predicted molar refractivity (Wildman–Crippen MR) is 121 cm³/mol. The molecular formula is C25H27NO7. The zero-order chi connectivity index (χ0) is 24.0. The van der Waals surface area contributed by atoms with Crippen molar-refractivity contribution in [3.63, 3.8) is 0 Å². The fourth-order valence-corrected chi connectivity index (χ4v) is 3.80. The number of rotatable bonds is 8. The van der Waals surface area contributed by atoms with Gasteiger partial charge in [0.05, 0.1) is 59.2 Å². The largest absolute Gasteiger partial charge is 0.497 e. The molecule has 3 rings (SSSR count). The Bertz CT molecular complexity index is 1060. The fraction of sp³-hybridized carbons (Fsp3) is 0.280. The van der Waals surface area contributed by atoms with E-state index in [1.807, 2.05) is 24.3 Å². The second kappa shape index (κ2) is 10.6. The molecule has 0 saturated carbocycles. The summed E-state index contributed by atoms with van der Waals surface area (Å²) >= 11 is 0. The van der Waals surface area contributed by atoms with Gasteiger partial charge in [0.2, 0.25) is 0 Å². The van der Waals surface area contributed by atoms with Crippen LogP contribution in [0.5, 0.6) is 17.2 Å².